The summed E-state index contributed by atoms with van der Waals surface area (Å²) in [6, 6.07) is 6.65. The fourth-order valence-corrected chi connectivity index (χ4v) is 3.32. The molecule has 1 aliphatic carbocycles. The molecule has 4 N–H and O–H groups in total. The van der Waals surface area contributed by atoms with Crippen LogP contribution in [0.1, 0.15) is 43.7 Å². The maximum atomic E-state index is 5.34. The summed E-state index contributed by atoms with van der Waals surface area (Å²) in [7, 11) is 0. The normalized spacial score (nSPS) is 20.5. The molecule has 2 rings (SSSR count). The lowest BCUT2D eigenvalue weighted by molar-refractivity contribution is 0.308. The minimum absolute atomic E-state index is 0.450. The van der Waals surface area contributed by atoms with E-state index >= 15 is 0 Å². The van der Waals surface area contributed by atoms with E-state index in [1.165, 1.54) is 31.2 Å². The molecule has 2 atom stereocenters. The molecule has 1 saturated carbocycles. The van der Waals surface area contributed by atoms with Crippen molar-refractivity contribution >= 4 is 40.3 Å². The summed E-state index contributed by atoms with van der Waals surface area (Å²) in [4.78, 5) is 0. The first kappa shape index (κ1) is 17.9. The van der Waals surface area contributed by atoms with Crippen LogP contribution in [0.5, 0.6) is 0 Å². The van der Waals surface area contributed by atoms with Gasteiger partial charge in [-0.3, -0.25) is 10.9 Å². The van der Waals surface area contributed by atoms with Gasteiger partial charge in [-0.05, 0) is 68.7 Å². The second kappa shape index (κ2) is 8.45. The Labute approximate surface area is 149 Å². The summed E-state index contributed by atoms with van der Waals surface area (Å²) in [5.74, 6) is 0.656. The lowest BCUT2D eigenvalue weighted by Gasteiger charge is -2.30. The number of aryl methyl sites for hydroxylation is 2. The summed E-state index contributed by atoms with van der Waals surface area (Å²) in [6.07, 6.45) is 5.03. The fourth-order valence-electron chi connectivity index (χ4n) is 2.96. The number of hydrogen-bond acceptors (Lipinski definition) is 2. The Bertz CT molecular complexity index is 574. The highest BCUT2D eigenvalue weighted by atomic mass is 32.1. The Balaban J connectivity index is 1.76. The average Bonchev–Trinajstić information content (AvgIpc) is 2.50. The van der Waals surface area contributed by atoms with Crippen molar-refractivity contribution in [1.82, 2.24) is 16.2 Å². The number of hydrazine groups is 1. The van der Waals surface area contributed by atoms with Gasteiger partial charge in [0.05, 0.1) is 0 Å². The van der Waals surface area contributed by atoms with E-state index in [1.807, 2.05) is 6.07 Å². The Hall–Kier alpha value is -1.40. The topological polar surface area (TPSA) is 48.1 Å². The van der Waals surface area contributed by atoms with Gasteiger partial charge >= 0.3 is 0 Å². The molecule has 0 unspecified atom stereocenters. The van der Waals surface area contributed by atoms with E-state index < -0.39 is 0 Å². The molecule has 1 aliphatic rings. The van der Waals surface area contributed by atoms with Gasteiger partial charge < -0.3 is 10.6 Å². The SMILES string of the molecule is Cc1ccc(NC(=S)NNC(=S)N[C@@H]2CCCC[C@@H]2C)c(C)c1. The van der Waals surface area contributed by atoms with Gasteiger partial charge in [-0.1, -0.05) is 37.5 Å². The number of thiocarbonyl (C=S) groups is 2. The molecular formula is C17H26N4S2. The molecule has 0 aliphatic heterocycles. The minimum Gasteiger partial charge on any atom is -0.358 e. The molecule has 0 spiro atoms. The molecule has 0 radical (unpaired) electrons. The summed E-state index contributed by atoms with van der Waals surface area (Å²) < 4.78 is 0. The van der Waals surface area contributed by atoms with Gasteiger partial charge in [0.2, 0.25) is 0 Å². The van der Waals surface area contributed by atoms with Crippen molar-refractivity contribution in [3.63, 3.8) is 0 Å². The van der Waals surface area contributed by atoms with Crippen LogP contribution in [0.25, 0.3) is 0 Å². The molecule has 0 aromatic heterocycles. The van der Waals surface area contributed by atoms with Crippen LogP contribution in [0.4, 0.5) is 5.69 Å². The average molecular weight is 351 g/mol. The first-order chi connectivity index (χ1) is 11.0. The quantitative estimate of drug-likeness (QED) is 0.483. The lowest BCUT2D eigenvalue weighted by atomic mass is 9.86. The van der Waals surface area contributed by atoms with Crippen LogP contribution < -0.4 is 21.5 Å². The molecule has 0 bridgehead atoms. The highest BCUT2D eigenvalue weighted by molar-refractivity contribution is 7.80. The van der Waals surface area contributed by atoms with E-state index in [1.54, 1.807) is 0 Å². The predicted molar refractivity (Wildman–Crippen MR) is 106 cm³/mol. The van der Waals surface area contributed by atoms with Gasteiger partial charge in [-0.2, -0.15) is 0 Å². The van der Waals surface area contributed by atoms with Crippen molar-refractivity contribution in [2.75, 3.05) is 5.32 Å². The monoisotopic (exact) mass is 350 g/mol. The number of hydrogen-bond donors (Lipinski definition) is 4. The first-order valence-electron chi connectivity index (χ1n) is 8.16. The second-order valence-corrected chi connectivity index (χ2v) is 7.18. The third kappa shape index (κ3) is 5.62. The van der Waals surface area contributed by atoms with Crippen LogP contribution in [0.2, 0.25) is 0 Å². The van der Waals surface area contributed by atoms with Crippen LogP contribution in [-0.2, 0) is 0 Å². The number of rotatable bonds is 2. The molecule has 0 heterocycles. The van der Waals surface area contributed by atoms with Crippen LogP contribution in [0.15, 0.2) is 18.2 Å². The van der Waals surface area contributed by atoms with E-state index in [9.17, 15) is 0 Å². The van der Waals surface area contributed by atoms with E-state index in [2.05, 4.69) is 54.4 Å². The van der Waals surface area contributed by atoms with Crippen molar-refractivity contribution in [1.29, 1.82) is 0 Å². The zero-order valence-corrected chi connectivity index (χ0v) is 15.7. The second-order valence-electron chi connectivity index (χ2n) is 6.36. The van der Waals surface area contributed by atoms with Gasteiger partial charge in [-0.15, -0.1) is 0 Å². The zero-order chi connectivity index (χ0) is 16.8. The first-order valence-corrected chi connectivity index (χ1v) is 8.98. The molecule has 6 heteroatoms. The largest absolute Gasteiger partial charge is 0.358 e. The van der Waals surface area contributed by atoms with Crippen LogP contribution in [0.3, 0.4) is 0 Å². The van der Waals surface area contributed by atoms with Crippen molar-refractivity contribution in [3.05, 3.63) is 29.3 Å². The highest BCUT2D eigenvalue weighted by Gasteiger charge is 2.21. The summed E-state index contributed by atoms with van der Waals surface area (Å²) in [5.41, 5.74) is 9.30. The van der Waals surface area contributed by atoms with Gasteiger partial charge in [-0.25, -0.2) is 0 Å². The lowest BCUT2D eigenvalue weighted by Crippen LogP contribution is -2.52. The highest BCUT2D eigenvalue weighted by Crippen LogP contribution is 2.23. The third-order valence-corrected chi connectivity index (χ3v) is 4.77. The van der Waals surface area contributed by atoms with Crippen molar-refractivity contribution in [2.45, 2.75) is 52.5 Å². The number of anilines is 1. The molecule has 4 nitrogen and oxygen atoms in total. The molecule has 23 heavy (non-hydrogen) atoms. The van der Waals surface area contributed by atoms with Gasteiger partial charge in [0.1, 0.15) is 0 Å². The van der Waals surface area contributed by atoms with Gasteiger partial charge in [0, 0.05) is 11.7 Å². The summed E-state index contributed by atoms with van der Waals surface area (Å²) >= 11 is 10.6. The van der Waals surface area contributed by atoms with Gasteiger partial charge in [0.25, 0.3) is 0 Å². The van der Waals surface area contributed by atoms with E-state index in [0.29, 0.717) is 22.2 Å². The van der Waals surface area contributed by atoms with Crippen molar-refractivity contribution in [3.8, 4) is 0 Å². The molecule has 0 saturated heterocycles. The summed E-state index contributed by atoms with van der Waals surface area (Å²) in [5, 5.41) is 7.64. The van der Waals surface area contributed by atoms with E-state index in [0.717, 1.165) is 11.3 Å². The van der Waals surface area contributed by atoms with Crippen molar-refractivity contribution < 1.29 is 0 Å². The molecule has 1 aromatic rings. The van der Waals surface area contributed by atoms with Crippen LogP contribution in [-0.4, -0.2) is 16.3 Å². The van der Waals surface area contributed by atoms with Crippen molar-refractivity contribution in [2.24, 2.45) is 5.92 Å². The number of benzene rings is 1. The number of nitrogens with one attached hydrogen (secondary N) is 4. The van der Waals surface area contributed by atoms with E-state index in [4.69, 9.17) is 24.4 Å². The minimum atomic E-state index is 0.450. The molecule has 126 valence electrons. The third-order valence-electron chi connectivity index (χ3n) is 4.35. The van der Waals surface area contributed by atoms with Crippen LogP contribution >= 0.6 is 24.4 Å². The van der Waals surface area contributed by atoms with E-state index in [-0.39, 0.29) is 0 Å². The van der Waals surface area contributed by atoms with Gasteiger partial charge in [0.15, 0.2) is 10.2 Å². The Morgan fingerprint density at radius 3 is 2.43 bits per heavy atom. The van der Waals surface area contributed by atoms with Crippen LogP contribution in [0, 0.1) is 19.8 Å². The molecule has 0 amide bonds. The fraction of sp³-hybridized carbons (Fsp3) is 0.529. The molecule has 1 aromatic carbocycles. The standard InChI is InChI=1S/C17H26N4S2/c1-11-8-9-15(13(3)10-11)19-17(23)21-20-16(22)18-14-7-5-4-6-12(14)2/h8-10,12,14H,4-7H2,1-3H3,(H2,18,20,22)(H2,19,21,23)/t12-,14+/m0/s1. The Kier molecular flexibility index (Phi) is 6.59. The maximum Gasteiger partial charge on any atom is 0.189 e. The zero-order valence-electron chi connectivity index (χ0n) is 14.0. The maximum absolute atomic E-state index is 5.34. The molecule has 1 fully saturated rings. The Morgan fingerprint density at radius 2 is 1.74 bits per heavy atom. The predicted octanol–water partition coefficient (Wildman–Crippen LogP) is 3.55. The molecular weight excluding hydrogens is 324 g/mol. The Morgan fingerprint density at radius 1 is 1.04 bits per heavy atom. The smallest absolute Gasteiger partial charge is 0.189 e. The summed E-state index contributed by atoms with van der Waals surface area (Å²) in [6.45, 7) is 6.41.